The fraction of sp³-hybridized carbons (Fsp3) is 0.875. The molecule has 1 fully saturated rings. The van der Waals surface area contributed by atoms with Gasteiger partial charge in [-0.2, -0.15) is 0 Å². The van der Waals surface area contributed by atoms with Crippen LogP contribution in [0, 0.1) is 0 Å². The van der Waals surface area contributed by atoms with Gasteiger partial charge in [0.2, 0.25) is 0 Å². The van der Waals surface area contributed by atoms with Gasteiger partial charge in [-0.15, -0.1) is 0 Å². The minimum atomic E-state index is -1.45. The summed E-state index contributed by atoms with van der Waals surface area (Å²) in [5.74, 6) is -0.315. The van der Waals surface area contributed by atoms with E-state index in [0.717, 1.165) is 12.8 Å². The van der Waals surface area contributed by atoms with Crippen molar-refractivity contribution < 1.29 is 15.0 Å². The Labute approximate surface area is 66.0 Å². The number of aliphatic hydroxyl groups is 2. The monoisotopic (exact) mass is 158 g/mol. The molecule has 1 saturated carbocycles. The van der Waals surface area contributed by atoms with Crippen LogP contribution in [-0.2, 0) is 4.79 Å². The summed E-state index contributed by atoms with van der Waals surface area (Å²) in [5, 5.41) is 18.9. The lowest BCUT2D eigenvalue weighted by molar-refractivity contribution is -0.154. The van der Waals surface area contributed by atoms with Crippen molar-refractivity contribution in [2.45, 2.75) is 44.3 Å². The molecule has 1 aliphatic rings. The number of hydrogen-bond donors (Lipinski definition) is 2. The maximum absolute atomic E-state index is 10.9. The number of carbonyl (C=O) groups is 1. The minimum Gasteiger partial charge on any atom is -0.390 e. The van der Waals surface area contributed by atoms with Crippen molar-refractivity contribution in [2.24, 2.45) is 0 Å². The first kappa shape index (κ1) is 8.68. The molecule has 0 radical (unpaired) electrons. The highest BCUT2D eigenvalue weighted by Gasteiger charge is 2.41. The third-order valence-corrected chi connectivity index (χ3v) is 2.45. The van der Waals surface area contributed by atoms with Gasteiger partial charge in [0, 0.05) is 0 Å². The number of carbonyl (C=O) groups excluding carboxylic acids is 1. The molecule has 11 heavy (non-hydrogen) atoms. The average Bonchev–Trinajstić information content (AvgIpc) is 1.95. The second-order valence-corrected chi connectivity index (χ2v) is 3.24. The number of Topliss-reactive ketones (excluding diaryl/α,β-unsaturated/α-hetero) is 1. The molecule has 3 heteroatoms. The van der Waals surface area contributed by atoms with Crippen LogP contribution in [0.1, 0.15) is 32.6 Å². The maximum atomic E-state index is 10.9. The highest BCUT2D eigenvalue weighted by atomic mass is 16.3. The molecule has 1 unspecified atom stereocenters. The topological polar surface area (TPSA) is 57.5 Å². The van der Waals surface area contributed by atoms with Crippen LogP contribution in [0.2, 0.25) is 0 Å². The Morgan fingerprint density at radius 3 is 2.55 bits per heavy atom. The van der Waals surface area contributed by atoms with E-state index in [0.29, 0.717) is 12.8 Å². The van der Waals surface area contributed by atoms with Crippen molar-refractivity contribution in [3.63, 3.8) is 0 Å². The first-order chi connectivity index (χ1) is 5.07. The molecule has 2 N–H and O–H groups in total. The molecule has 1 rings (SSSR count). The van der Waals surface area contributed by atoms with Crippen molar-refractivity contribution in [1.29, 1.82) is 0 Å². The van der Waals surface area contributed by atoms with Crippen molar-refractivity contribution in [2.75, 3.05) is 0 Å². The number of ketones is 1. The normalized spacial score (nSPS) is 38.6. The van der Waals surface area contributed by atoms with Crippen molar-refractivity contribution in [3.8, 4) is 0 Å². The zero-order chi connectivity index (χ0) is 8.48. The zero-order valence-corrected chi connectivity index (χ0v) is 6.71. The van der Waals surface area contributed by atoms with Crippen LogP contribution >= 0.6 is 0 Å². The van der Waals surface area contributed by atoms with E-state index < -0.39 is 11.7 Å². The van der Waals surface area contributed by atoms with E-state index in [9.17, 15) is 15.0 Å². The Hall–Kier alpha value is -0.410. The number of hydrogen-bond acceptors (Lipinski definition) is 3. The Balaban J connectivity index is 2.72. The Bertz CT molecular complexity index is 167. The fourth-order valence-corrected chi connectivity index (χ4v) is 1.55. The van der Waals surface area contributed by atoms with E-state index in [-0.39, 0.29) is 5.78 Å². The lowest BCUT2D eigenvalue weighted by Crippen LogP contribution is -2.50. The molecule has 64 valence electrons. The fourth-order valence-electron chi connectivity index (χ4n) is 1.55. The summed E-state index contributed by atoms with van der Waals surface area (Å²) in [6.45, 7) is 1.33. The molecule has 0 heterocycles. The Morgan fingerprint density at radius 2 is 2.18 bits per heavy atom. The van der Waals surface area contributed by atoms with Crippen LogP contribution in [-0.4, -0.2) is 27.7 Å². The van der Waals surface area contributed by atoms with Gasteiger partial charge in [-0.3, -0.25) is 4.79 Å². The molecular weight excluding hydrogens is 144 g/mol. The number of rotatable bonds is 1. The average molecular weight is 158 g/mol. The molecular formula is C8H14O3. The second-order valence-electron chi connectivity index (χ2n) is 3.24. The van der Waals surface area contributed by atoms with E-state index in [1.54, 1.807) is 0 Å². The quantitative estimate of drug-likeness (QED) is 0.574. The smallest absolute Gasteiger partial charge is 0.163 e. The van der Waals surface area contributed by atoms with Crippen LogP contribution in [0.5, 0.6) is 0 Å². The third-order valence-electron chi connectivity index (χ3n) is 2.45. The largest absolute Gasteiger partial charge is 0.390 e. The maximum Gasteiger partial charge on any atom is 0.163 e. The highest BCUT2D eigenvalue weighted by molar-refractivity contribution is 5.85. The first-order valence-electron chi connectivity index (χ1n) is 3.99. The van der Waals surface area contributed by atoms with E-state index in [1.165, 1.54) is 6.92 Å². The molecule has 0 aliphatic heterocycles. The zero-order valence-electron chi connectivity index (χ0n) is 6.71. The summed E-state index contributed by atoms with van der Waals surface area (Å²) < 4.78 is 0. The van der Waals surface area contributed by atoms with Crippen LogP contribution in [0.25, 0.3) is 0 Å². The van der Waals surface area contributed by atoms with E-state index >= 15 is 0 Å². The van der Waals surface area contributed by atoms with E-state index in [1.807, 2.05) is 0 Å². The van der Waals surface area contributed by atoms with Crippen molar-refractivity contribution in [3.05, 3.63) is 0 Å². The first-order valence-corrected chi connectivity index (χ1v) is 3.99. The van der Waals surface area contributed by atoms with Gasteiger partial charge in [0.1, 0.15) is 5.60 Å². The second kappa shape index (κ2) is 2.91. The predicted octanol–water partition coefficient (Wildman–Crippen LogP) is 0.241. The van der Waals surface area contributed by atoms with E-state index in [2.05, 4.69) is 0 Å². The van der Waals surface area contributed by atoms with Gasteiger partial charge >= 0.3 is 0 Å². The van der Waals surface area contributed by atoms with Gasteiger partial charge in [0.05, 0.1) is 6.10 Å². The summed E-state index contributed by atoms with van der Waals surface area (Å²) in [7, 11) is 0. The highest BCUT2D eigenvalue weighted by Crippen LogP contribution is 2.28. The van der Waals surface area contributed by atoms with Crippen LogP contribution < -0.4 is 0 Å². The molecule has 3 nitrogen and oxygen atoms in total. The predicted molar refractivity (Wildman–Crippen MR) is 40.1 cm³/mol. The third kappa shape index (κ3) is 1.44. The number of aliphatic hydroxyl groups excluding tert-OH is 1. The Morgan fingerprint density at radius 1 is 1.55 bits per heavy atom. The van der Waals surface area contributed by atoms with Gasteiger partial charge in [0.15, 0.2) is 5.78 Å². The Kier molecular flexibility index (Phi) is 2.30. The summed E-state index contributed by atoms with van der Waals surface area (Å²) in [4.78, 5) is 10.9. The molecule has 0 aromatic heterocycles. The molecule has 1 aliphatic carbocycles. The molecule has 0 amide bonds. The van der Waals surface area contributed by atoms with Gasteiger partial charge in [-0.25, -0.2) is 0 Å². The summed E-state index contributed by atoms with van der Waals surface area (Å²) in [5.41, 5.74) is -1.45. The van der Waals surface area contributed by atoms with Crippen molar-refractivity contribution >= 4 is 5.78 Å². The molecule has 0 aromatic carbocycles. The molecule has 0 spiro atoms. The van der Waals surface area contributed by atoms with Crippen LogP contribution in [0.4, 0.5) is 0 Å². The summed E-state index contributed by atoms with van der Waals surface area (Å²) >= 11 is 0. The van der Waals surface area contributed by atoms with Crippen LogP contribution in [0.3, 0.4) is 0 Å². The minimum absolute atomic E-state index is 0.315. The summed E-state index contributed by atoms with van der Waals surface area (Å²) in [6, 6.07) is 0. The standard InChI is InChI=1S/C8H14O3/c1-6(9)8(11)5-3-2-4-7(8)10/h7,10-11H,2-5H2,1H3/t7-,8?/m1/s1. The van der Waals surface area contributed by atoms with Gasteiger partial charge in [-0.05, 0) is 26.2 Å². The molecule has 0 aromatic rings. The van der Waals surface area contributed by atoms with Gasteiger partial charge in [0.25, 0.3) is 0 Å². The van der Waals surface area contributed by atoms with Crippen LogP contribution in [0.15, 0.2) is 0 Å². The van der Waals surface area contributed by atoms with Gasteiger partial charge in [-0.1, -0.05) is 6.42 Å². The van der Waals surface area contributed by atoms with Crippen molar-refractivity contribution in [1.82, 2.24) is 0 Å². The molecule has 0 bridgehead atoms. The summed E-state index contributed by atoms with van der Waals surface area (Å²) in [6.07, 6.45) is 1.82. The molecule has 0 saturated heterocycles. The lowest BCUT2D eigenvalue weighted by atomic mass is 9.80. The SMILES string of the molecule is CC(=O)C1(O)CCCC[C@H]1O. The lowest BCUT2D eigenvalue weighted by Gasteiger charge is -2.34. The van der Waals surface area contributed by atoms with E-state index in [4.69, 9.17) is 0 Å². The molecule has 2 atom stereocenters. The van der Waals surface area contributed by atoms with Gasteiger partial charge < -0.3 is 10.2 Å².